The summed E-state index contributed by atoms with van der Waals surface area (Å²) in [4.78, 5) is 2.53. The third-order valence-electron chi connectivity index (χ3n) is 2.83. The van der Waals surface area contributed by atoms with E-state index in [9.17, 15) is 0 Å². The number of ether oxygens (including phenoxy) is 1. The maximum absolute atomic E-state index is 5.28. The van der Waals surface area contributed by atoms with Crippen molar-refractivity contribution in [1.82, 2.24) is 10.2 Å². The predicted octanol–water partition coefficient (Wildman–Crippen LogP) is 0.705. The van der Waals surface area contributed by atoms with Gasteiger partial charge in [0.05, 0.1) is 6.10 Å². The van der Waals surface area contributed by atoms with Crippen LogP contribution in [0.3, 0.4) is 0 Å². The Morgan fingerprint density at radius 2 is 2.38 bits per heavy atom. The van der Waals surface area contributed by atoms with Crippen LogP contribution in [0.4, 0.5) is 0 Å². The predicted molar refractivity (Wildman–Crippen MR) is 55.0 cm³/mol. The zero-order valence-electron chi connectivity index (χ0n) is 9.05. The Labute approximate surface area is 81.4 Å². The molecule has 1 aliphatic rings. The molecule has 2 atom stereocenters. The zero-order chi connectivity index (χ0) is 9.68. The summed E-state index contributed by atoms with van der Waals surface area (Å²) in [5.41, 5.74) is 0. The number of hydrogen-bond donors (Lipinski definition) is 1. The second-order valence-corrected chi connectivity index (χ2v) is 3.89. The van der Waals surface area contributed by atoms with Crippen LogP contribution in [0.15, 0.2) is 0 Å². The number of likely N-dealkylation sites (tertiary alicyclic amines) is 1. The number of hydrogen-bond acceptors (Lipinski definition) is 3. The van der Waals surface area contributed by atoms with Crippen LogP contribution in [0.25, 0.3) is 0 Å². The number of nitrogens with one attached hydrogen (secondary N) is 1. The molecule has 0 saturated carbocycles. The van der Waals surface area contributed by atoms with Crippen LogP contribution in [0.1, 0.15) is 19.8 Å². The van der Waals surface area contributed by atoms with Gasteiger partial charge in [-0.1, -0.05) is 0 Å². The van der Waals surface area contributed by atoms with Gasteiger partial charge in [0.25, 0.3) is 0 Å². The van der Waals surface area contributed by atoms with Crippen molar-refractivity contribution >= 4 is 0 Å². The van der Waals surface area contributed by atoms with Crippen molar-refractivity contribution in [2.75, 3.05) is 33.8 Å². The fraction of sp³-hybridized carbons (Fsp3) is 1.00. The van der Waals surface area contributed by atoms with Gasteiger partial charge in [0.1, 0.15) is 0 Å². The molecule has 0 aliphatic carbocycles. The summed E-state index contributed by atoms with van der Waals surface area (Å²) in [6, 6.07) is 0.725. The molecule has 3 heteroatoms. The molecule has 0 radical (unpaired) electrons. The van der Waals surface area contributed by atoms with E-state index in [4.69, 9.17) is 4.74 Å². The van der Waals surface area contributed by atoms with E-state index in [2.05, 4.69) is 17.1 Å². The normalized spacial score (nSPS) is 26.5. The lowest BCUT2D eigenvalue weighted by Crippen LogP contribution is -2.40. The molecule has 0 amide bonds. The highest BCUT2D eigenvalue weighted by molar-refractivity contribution is 4.81. The number of rotatable bonds is 5. The highest BCUT2D eigenvalue weighted by atomic mass is 16.5. The van der Waals surface area contributed by atoms with Gasteiger partial charge in [-0.05, 0) is 33.4 Å². The first-order valence-corrected chi connectivity index (χ1v) is 5.19. The molecule has 3 nitrogen and oxygen atoms in total. The monoisotopic (exact) mass is 186 g/mol. The smallest absolute Gasteiger partial charge is 0.0670 e. The Kier molecular flexibility index (Phi) is 4.70. The fourth-order valence-electron chi connectivity index (χ4n) is 2.01. The van der Waals surface area contributed by atoms with Gasteiger partial charge in [0.15, 0.2) is 0 Å². The molecule has 1 rings (SSSR count). The van der Waals surface area contributed by atoms with Crippen molar-refractivity contribution in [2.24, 2.45) is 0 Å². The third kappa shape index (κ3) is 3.25. The lowest BCUT2D eigenvalue weighted by atomic mass is 10.2. The van der Waals surface area contributed by atoms with Gasteiger partial charge in [0, 0.05) is 26.2 Å². The van der Waals surface area contributed by atoms with E-state index >= 15 is 0 Å². The second kappa shape index (κ2) is 5.58. The molecule has 0 spiro atoms. The minimum Gasteiger partial charge on any atom is -0.380 e. The molecule has 1 aliphatic heterocycles. The lowest BCUT2D eigenvalue weighted by Gasteiger charge is -2.26. The average Bonchev–Trinajstić information content (AvgIpc) is 2.54. The van der Waals surface area contributed by atoms with Crippen molar-refractivity contribution in [3.8, 4) is 0 Å². The fourth-order valence-corrected chi connectivity index (χ4v) is 2.01. The van der Waals surface area contributed by atoms with Crippen LogP contribution in [0.5, 0.6) is 0 Å². The summed E-state index contributed by atoms with van der Waals surface area (Å²) in [6.07, 6.45) is 3.03. The molecule has 0 aromatic carbocycles. The minimum absolute atomic E-state index is 0.359. The first kappa shape index (κ1) is 11.0. The van der Waals surface area contributed by atoms with E-state index in [0.29, 0.717) is 6.10 Å². The highest BCUT2D eigenvalue weighted by Gasteiger charge is 2.24. The van der Waals surface area contributed by atoms with E-state index in [-0.39, 0.29) is 0 Å². The van der Waals surface area contributed by atoms with Gasteiger partial charge < -0.3 is 10.1 Å². The van der Waals surface area contributed by atoms with Gasteiger partial charge in [0.2, 0.25) is 0 Å². The maximum atomic E-state index is 5.28. The van der Waals surface area contributed by atoms with Crippen LogP contribution in [-0.4, -0.2) is 50.8 Å². The van der Waals surface area contributed by atoms with Crippen LogP contribution >= 0.6 is 0 Å². The van der Waals surface area contributed by atoms with E-state index in [0.717, 1.165) is 19.1 Å². The lowest BCUT2D eigenvalue weighted by molar-refractivity contribution is 0.0727. The quantitative estimate of drug-likeness (QED) is 0.684. The maximum Gasteiger partial charge on any atom is 0.0670 e. The topological polar surface area (TPSA) is 24.5 Å². The Bertz CT molecular complexity index is 141. The van der Waals surface area contributed by atoms with E-state index in [1.54, 1.807) is 7.11 Å². The standard InChI is InChI=1S/C10H22N2O/c1-9(13-3)8-12-6-4-5-10(12)7-11-2/h9-11H,4-8H2,1-3H3. The van der Waals surface area contributed by atoms with Crippen molar-refractivity contribution in [2.45, 2.75) is 31.9 Å². The van der Waals surface area contributed by atoms with Gasteiger partial charge >= 0.3 is 0 Å². The first-order valence-electron chi connectivity index (χ1n) is 5.19. The largest absolute Gasteiger partial charge is 0.380 e. The van der Waals surface area contributed by atoms with Crippen LogP contribution in [0.2, 0.25) is 0 Å². The molecular formula is C10H22N2O. The summed E-state index contributed by atoms with van der Waals surface area (Å²) >= 11 is 0. The SMILES string of the molecule is CNCC1CCCN1CC(C)OC. The van der Waals surface area contributed by atoms with Gasteiger partial charge in [-0.3, -0.25) is 4.90 Å². The molecular weight excluding hydrogens is 164 g/mol. The van der Waals surface area contributed by atoms with Gasteiger partial charge in [-0.25, -0.2) is 0 Å². The Morgan fingerprint density at radius 3 is 3.00 bits per heavy atom. The minimum atomic E-state index is 0.359. The van der Waals surface area contributed by atoms with Gasteiger partial charge in [-0.2, -0.15) is 0 Å². The first-order chi connectivity index (χ1) is 6.27. The van der Waals surface area contributed by atoms with Gasteiger partial charge in [-0.15, -0.1) is 0 Å². The Morgan fingerprint density at radius 1 is 1.62 bits per heavy atom. The van der Waals surface area contributed by atoms with Crippen molar-refractivity contribution in [1.29, 1.82) is 0 Å². The highest BCUT2D eigenvalue weighted by Crippen LogP contribution is 2.16. The average molecular weight is 186 g/mol. The summed E-state index contributed by atoms with van der Waals surface area (Å²) in [5, 5.41) is 3.25. The van der Waals surface area contributed by atoms with Crippen molar-refractivity contribution in [3.05, 3.63) is 0 Å². The molecule has 0 aromatic rings. The molecule has 1 saturated heterocycles. The van der Waals surface area contributed by atoms with E-state index < -0.39 is 0 Å². The number of methoxy groups -OCH3 is 1. The molecule has 78 valence electrons. The number of likely N-dealkylation sites (N-methyl/N-ethyl adjacent to an activating group) is 1. The summed E-state index contributed by atoms with van der Waals surface area (Å²) < 4.78 is 5.28. The molecule has 1 heterocycles. The summed E-state index contributed by atoms with van der Waals surface area (Å²) in [6.45, 7) is 5.55. The van der Waals surface area contributed by atoms with Crippen molar-refractivity contribution < 1.29 is 4.74 Å². The number of nitrogens with zero attached hydrogens (tertiary/aromatic N) is 1. The Balaban J connectivity index is 2.30. The summed E-state index contributed by atoms with van der Waals surface area (Å²) in [5.74, 6) is 0. The second-order valence-electron chi connectivity index (χ2n) is 3.89. The molecule has 2 unspecified atom stereocenters. The molecule has 1 N–H and O–H groups in total. The Hall–Kier alpha value is -0.120. The van der Waals surface area contributed by atoms with Crippen LogP contribution < -0.4 is 5.32 Å². The van der Waals surface area contributed by atoms with E-state index in [1.807, 2.05) is 7.05 Å². The molecule has 0 aromatic heterocycles. The zero-order valence-corrected chi connectivity index (χ0v) is 9.05. The molecule has 0 bridgehead atoms. The summed E-state index contributed by atoms with van der Waals surface area (Å²) in [7, 11) is 3.81. The van der Waals surface area contributed by atoms with Crippen LogP contribution in [0, 0.1) is 0 Å². The molecule has 13 heavy (non-hydrogen) atoms. The van der Waals surface area contributed by atoms with Crippen LogP contribution in [-0.2, 0) is 4.74 Å². The third-order valence-corrected chi connectivity index (χ3v) is 2.83. The van der Waals surface area contributed by atoms with Crippen molar-refractivity contribution in [3.63, 3.8) is 0 Å². The van der Waals surface area contributed by atoms with E-state index in [1.165, 1.54) is 19.4 Å². The molecule has 1 fully saturated rings.